The minimum atomic E-state index is -3.41. The van der Waals surface area contributed by atoms with Gasteiger partial charge in [0.15, 0.2) is 9.84 Å². The number of carbonyl (C=O) groups is 2. The number of amides is 3. The Balaban J connectivity index is 1.50. The number of hydrogen-bond donors (Lipinski definition) is 3. The zero-order valence-electron chi connectivity index (χ0n) is 20.5. The van der Waals surface area contributed by atoms with Crippen LogP contribution in [0.3, 0.4) is 0 Å². The molecule has 0 fully saturated rings. The van der Waals surface area contributed by atoms with Crippen molar-refractivity contribution in [3.8, 4) is 11.1 Å². The van der Waals surface area contributed by atoms with Gasteiger partial charge in [-0.1, -0.05) is 76.6 Å². The topological polar surface area (TPSA) is 104 Å². The predicted molar refractivity (Wildman–Crippen MR) is 154 cm³/mol. The number of carbonyl (C=O) groups excluding carboxylic acids is 2. The van der Waals surface area contributed by atoms with E-state index in [1.165, 1.54) is 6.26 Å². The first-order valence-corrected chi connectivity index (χ1v) is 14.4. The smallest absolute Gasteiger partial charge is 0.319 e. The maximum Gasteiger partial charge on any atom is 0.319 e. The zero-order valence-corrected chi connectivity index (χ0v) is 22.9. The molecule has 0 saturated heterocycles. The summed E-state index contributed by atoms with van der Waals surface area (Å²) >= 11 is 3.36. The summed E-state index contributed by atoms with van der Waals surface area (Å²) in [6, 6.07) is 28.9. The average molecular weight is 593 g/mol. The Morgan fingerprint density at radius 2 is 1.34 bits per heavy atom. The number of anilines is 2. The fourth-order valence-corrected chi connectivity index (χ4v) is 5.08. The fraction of sp³-hybridized carbons (Fsp3) is 0.103. The molecule has 0 bridgehead atoms. The fourth-order valence-electron chi connectivity index (χ4n) is 3.91. The third kappa shape index (κ3) is 7.30. The number of hydrogen-bond acceptors (Lipinski definition) is 4. The van der Waals surface area contributed by atoms with E-state index in [1.54, 1.807) is 60.7 Å². The Bertz CT molecular complexity index is 1520. The standard InChI is InChI=1S/C29H26BrN3O4S/c1-38(36,37)27-10-6-5-9-25(27)21-11-15-23(16-12-21)31-28(34)26(19-20-7-3-2-4-8-20)33-29(35)32-24-17-13-22(30)14-18-24/h2-18,26H,19H2,1H3,(H,31,34)(H2,32,33,35)/t26-/m1/s1. The summed E-state index contributed by atoms with van der Waals surface area (Å²) in [5.74, 6) is -0.385. The maximum atomic E-state index is 13.3. The Hall–Kier alpha value is -3.95. The Labute approximate surface area is 230 Å². The van der Waals surface area contributed by atoms with Crippen molar-refractivity contribution in [1.82, 2.24) is 5.32 Å². The van der Waals surface area contributed by atoms with Crippen LogP contribution in [0.2, 0.25) is 0 Å². The number of nitrogens with one attached hydrogen (secondary N) is 3. The summed E-state index contributed by atoms with van der Waals surface area (Å²) in [5.41, 5.74) is 3.29. The van der Waals surface area contributed by atoms with Crippen molar-refractivity contribution < 1.29 is 18.0 Å². The summed E-state index contributed by atoms with van der Waals surface area (Å²) in [7, 11) is -3.41. The van der Waals surface area contributed by atoms with Crippen LogP contribution in [0.15, 0.2) is 112 Å². The van der Waals surface area contributed by atoms with E-state index in [2.05, 4.69) is 31.9 Å². The average Bonchev–Trinajstić information content (AvgIpc) is 2.90. The second kappa shape index (κ2) is 12.1. The summed E-state index contributed by atoms with van der Waals surface area (Å²) in [4.78, 5) is 26.2. The van der Waals surface area contributed by atoms with Crippen molar-refractivity contribution in [1.29, 1.82) is 0 Å². The van der Waals surface area contributed by atoms with Crippen LogP contribution in [0.4, 0.5) is 16.2 Å². The molecule has 0 aliphatic heterocycles. The van der Waals surface area contributed by atoms with Crippen molar-refractivity contribution >= 4 is 49.1 Å². The van der Waals surface area contributed by atoms with Crippen LogP contribution in [-0.4, -0.2) is 32.7 Å². The van der Waals surface area contributed by atoms with Gasteiger partial charge in [-0.3, -0.25) is 4.79 Å². The molecule has 4 aromatic carbocycles. The Kier molecular flexibility index (Phi) is 8.60. The molecule has 3 N–H and O–H groups in total. The van der Waals surface area contributed by atoms with E-state index in [4.69, 9.17) is 0 Å². The molecule has 0 aromatic heterocycles. The quantitative estimate of drug-likeness (QED) is 0.237. The van der Waals surface area contributed by atoms with Crippen molar-refractivity contribution in [3.05, 3.63) is 113 Å². The van der Waals surface area contributed by atoms with Crippen molar-refractivity contribution in [2.75, 3.05) is 16.9 Å². The van der Waals surface area contributed by atoms with Crippen LogP contribution < -0.4 is 16.0 Å². The lowest BCUT2D eigenvalue weighted by atomic mass is 10.0. The van der Waals surface area contributed by atoms with Gasteiger partial charge < -0.3 is 16.0 Å². The van der Waals surface area contributed by atoms with Gasteiger partial charge >= 0.3 is 6.03 Å². The lowest BCUT2D eigenvalue weighted by Gasteiger charge is -2.19. The van der Waals surface area contributed by atoms with E-state index < -0.39 is 21.9 Å². The first-order chi connectivity index (χ1) is 18.2. The minimum Gasteiger partial charge on any atom is -0.326 e. The molecule has 7 nitrogen and oxygen atoms in total. The number of halogens is 1. The molecule has 194 valence electrons. The molecule has 38 heavy (non-hydrogen) atoms. The Morgan fingerprint density at radius 3 is 2.00 bits per heavy atom. The molecule has 0 heterocycles. The summed E-state index contributed by atoms with van der Waals surface area (Å²) in [6.07, 6.45) is 1.47. The van der Waals surface area contributed by atoms with Gasteiger partial charge in [-0.25, -0.2) is 13.2 Å². The number of urea groups is 1. The van der Waals surface area contributed by atoms with Crippen LogP contribution in [0.1, 0.15) is 5.56 Å². The summed E-state index contributed by atoms with van der Waals surface area (Å²) < 4.78 is 25.3. The first kappa shape index (κ1) is 27.1. The highest BCUT2D eigenvalue weighted by Gasteiger charge is 2.22. The first-order valence-electron chi connectivity index (χ1n) is 11.8. The molecule has 4 aromatic rings. The lowest BCUT2D eigenvalue weighted by molar-refractivity contribution is -0.117. The summed E-state index contributed by atoms with van der Waals surface area (Å²) in [5, 5.41) is 8.37. The highest BCUT2D eigenvalue weighted by Crippen LogP contribution is 2.28. The van der Waals surface area contributed by atoms with Crippen molar-refractivity contribution in [2.45, 2.75) is 17.4 Å². The van der Waals surface area contributed by atoms with E-state index >= 15 is 0 Å². The molecule has 0 aliphatic carbocycles. The SMILES string of the molecule is CS(=O)(=O)c1ccccc1-c1ccc(NC(=O)[C@@H](Cc2ccccc2)NC(=O)Nc2ccc(Br)cc2)cc1. The van der Waals surface area contributed by atoms with Gasteiger partial charge in [0.1, 0.15) is 6.04 Å². The van der Waals surface area contributed by atoms with Crippen LogP contribution in [0, 0.1) is 0 Å². The third-order valence-corrected chi connectivity index (χ3v) is 7.44. The minimum absolute atomic E-state index is 0.237. The molecule has 4 rings (SSSR count). The molecule has 0 unspecified atom stereocenters. The van der Waals surface area contributed by atoms with Gasteiger partial charge in [0.25, 0.3) is 0 Å². The molecule has 1 atom stereocenters. The summed E-state index contributed by atoms with van der Waals surface area (Å²) in [6.45, 7) is 0. The Morgan fingerprint density at radius 1 is 0.763 bits per heavy atom. The van der Waals surface area contributed by atoms with Gasteiger partial charge in [-0.2, -0.15) is 0 Å². The van der Waals surface area contributed by atoms with Crippen LogP contribution in [-0.2, 0) is 21.1 Å². The highest BCUT2D eigenvalue weighted by molar-refractivity contribution is 9.10. The molecule has 0 spiro atoms. The van der Waals surface area contributed by atoms with Crippen molar-refractivity contribution in [3.63, 3.8) is 0 Å². The number of benzene rings is 4. The van der Waals surface area contributed by atoms with E-state index in [0.717, 1.165) is 10.0 Å². The van der Waals surface area contributed by atoms with E-state index in [9.17, 15) is 18.0 Å². The largest absolute Gasteiger partial charge is 0.326 e. The molecule has 0 radical (unpaired) electrons. The number of rotatable bonds is 8. The van der Waals surface area contributed by atoms with Crippen molar-refractivity contribution in [2.24, 2.45) is 0 Å². The van der Waals surface area contributed by atoms with Gasteiger partial charge in [-0.15, -0.1) is 0 Å². The molecule has 9 heteroatoms. The van der Waals surface area contributed by atoms with E-state index in [-0.39, 0.29) is 10.8 Å². The van der Waals surface area contributed by atoms with Gasteiger partial charge in [0, 0.05) is 34.1 Å². The normalized spacial score (nSPS) is 11.8. The molecule has 3 amide bonds. The predicted octanol–water partition coefficient (Wildman–Crippen LogP) is 5.89. The second-order valence-electron chi connectivity index (χ2n) is 8.68. The van der Waals surface area contributed by atoms with Gasteiger partial charge in [0.2, 0.25) is 5.91 Å². The third-order valence-electron chi connectivity index (χ3n) is 5.76. The van der Waals surface area contributed by atoms with Gasteiger partial charge in [-0.05, 0) is 53.6 Å². The molecular weight excluding hydrogens is 566 g/mol. The zero-order chi connectivity index (χ0) is 27.1. The molecule has 0 saturated carbocycles. The molecule has 0 aliphatic rings. The number of sulfone groups is 1. The monoisotopic (exact) mass is 591 g/mol. The van der Waals surface area contributed by atoms with Crippen LogP contribution >= 0.6 is 15.9 Å². The second-order valence-corrected chi connectivity index (χ2v) is 11.6. The van der Waals surface area contributed by atoms with E-state index in [0.29, 0.717) is 28.9 Å². The lowest BCUT2D eigenvalue weighted by Crippen LogP contribution is -2.46. The maximum absolute atomic E-state index is 13.3. The van der Waals surface area contributed by atoms with E-state index in [1.807, 2.05) is 42.5 Å². The van der Waals surface area contributed by atoms with Crippen LogP contribution in [0.5, 0.6) is 0 Å². The highest BCUT2D eigenvalue weighted by atomic mass is 79.9. The molecular formula is C29H26BrN3O4S. The van der Waals surface area contributed by atoms with Crippen LogP contribution in [0.25, 0.3) is 11.1 Å². The van der Waals surface area contributed by atoms with Gasteiger partial charge in [0.05, 0.1) is 4.90 Å².